The van der Waals surface area contributed by atoms with Gasteiger partial charge in [-0.05, 0) is 48.4 Å². The summed E-state index contributed by atoms with van der Waals surface area (Å²) in [6.07, 6.45) is 2.96. The molecule has 0 aliphatic rings. The van der Waals surface area contributed by atoms with E-state index in [1.165, 1.54) is 25.3 Å². The lowest BCUT2D eigenvalue weighted by Crippen LogP contribution is -2.20. The van der Waals surface area contributed by atoms with Crippen molar-refractivity contribution in [3.63, 3.8) is 0 Å². The highest BCUT2D eigenvalue weighted by atomic mass is 35.5. The van der Waals surface area contributed by atoms with Gasteiger partial charge in [0, 0.05) is 12.6 Å². The van der Waals surface area contributed by atoms with Crippen LogP contribution < -0.4 is 19.5 Å². The summed E-state index contributed by atoms with van der Waals surface area (Å²) in [7, 11) is 1.50. The molecule has 150 valence electrons. The summed E-state index contributed by atoms with van der Waals surface area (Å²) in [5.41, 5.74) is 1.42. The molecule has 0 spiro atoms. The molecular weight excluding hydrogens is 392 g/mol. The van der Waals surface area contributed by atoms with Crippen LogP contribution in [0.15, 0.2) is 42.5 Å². The third kappa shape index (κ3) is 6.42. The van der Waals surface area contributed by atoms with Gasteiger partial charge >= 0.3 is 6.61 Å². The Morgan fingerprint density at radius 2 is 1.96 bits per heavy atom. The van der Waals surface area contributed by atoms with Crippen LogP contribution in [0.5, 0.6) is 17.2 Å². The van der Waals surface area contributed by atoms with Gasteiger partial charge in [0.25, 0.3) is 0 Å². The number of nitrogens with one attached hydrogen (secondary N) is 1. The molecule has 0 saturated carbocycles. The molecule has 5 nitrogen and oxygen atoms in total. The third-order valence-electron chi connectivity index (χ3n) is 3.58. The van der Waals surface area contributed by atoms with E-state index < -0.39 is 6.61 Å². The minimum Gasteiger partial charge on any atom is -0.491 e. The van der Waals surface area contributed by atoms with Gasteiger partial charge in [0.05, 0.1) is 18.7 Å². The number of amides is 1. The summed E-state index contributed by atoms with van der Waals surface area (Å²) in [5, 5.41) is 3.08. The Morgan fingerprint density at radius 1 is 1.25 bits per heavy atom. The highest BCUT2D eigenvalue weighted by molar-refractivity contribution is 6.32. The largest absolute Gasteiger partial charge is 0.491 e. The van der Waals surface area contributed by atoms with E-state index in [1.807, 2.05) is 6.92 Å². The molecule has 0 aliphatic heterocycles. The first-order chi connectivity index (χ1) is 13.4. The van der Waals surface area contributed by atoms with Crippen molar-refractivity contribution in [1.82, 2.24) is 5.32 Å². The maximum absolute atomic E-state index is 12.1. The maximum Gasteiger partial charge on any atom is 0.387 e. The number of alkyl halides is 2. The quantitative estimate of drug-likeness (QED) is 0.609. The summed E-state index contributed by atoms with van der Waals surface area (Å²) >= 11 is 6.17. The fraction of sp³-hybridized carbons (Fsp3) is 0.250. The number of rotatable bonds is 9. The summed E-state index contributed by atoms with van der Waals surface area (Å²) in [4.78, 5) is 12.0. The van der Waals surface area contributed by atoms with Crippen LogP contribution in [0.3, 0.4) is 0 Å². The lowest BCUT2D eigenvalue weighted by molar-refractivity contribution is -0.116. The van der Waals surface area contributed by atoms with E-state index in [0.717, 1.165) is 5.56 Å². The molecule has 28 heavy (non-hydrogen) atoms. The molecule has 2 aromatic carbocycles. The van der Waals surface area contributed by atoms with Crippen LogP contribution in [0.1, 0.15) is 18.1 Å². The Bertz CT molecular complexity index is 826. The van der Waals surface area contributed by atoms with Gasteiger partial charge in [-0.2, -0.15) is 8.78 Å². The van der Waals surface area contributed by atoms with Crippen molar-refractivity contribution in [3.05, 3.63) is 58.6 Å². The molecule has 0 fully saturated rings. The second-order valence-corrected chi connectivity index (χ2v) is 5.95. The number of halogens is 3. The van der Waals surface area contributed by atoms with Gasteiger partial charge in [-0.3, -0.25) is 4.79 Å². The topological polar surface area (TPSA) is 56.8 Å². The molecule has 0 aliphatic carbocycles. The van der Waals surface area contributed by atoms with Gasteiger partial charge in [0.2, 0.25) is 5.91 Å². The average Bonchev–Trinajstić information content (AvgIpc) is 2.65. The average molecular weight is 412 g/mol. The first-order valence-corrected chi connectivity index (χ1v) is 8.80. The fourth-order valence-electron chi connectivity index (χ4n) is 2.35. The molecular formula is C20H20ClF2NO4. The van der Waals surface area contributed by atoms with Gasteiger partial charge in [-0.25, -0.2) is 0 Å². The van der Waals surface area contributed by atoms with Crippen molar-refractivity contribution in [1.29, 1.82) is 0 Å². The molecule has 0 heterocycles. The standard InChI is InChI=1S/C20H20ClF2NO4/c1-3-27-17-11-14(10-16(21)19(17)26-2)6-9-18(25)24-12-13-4-7-15(8-5-13)28-20(22)23/h4-11,20H,3,12H2,1-2H3,(H,24,25)/b9-6+. The van der Waals surface area contributed by atoms with E-state index in [2.05, 4.69) is 10.1 Å². The zero-order chi connectivity index (χ0) is 20.5. The van der Waals surface area contributed by atoms with Crippen molar-refractivity contribution in [2.24, 2.45) is 0 Å². The molecule has 1 N–H and O–H groups in total. The van der Waals surface area contributed by atoms with Crippen LogP contribution in [0, 0.1) is 0 Å². The minimum atomic E-state index is -2.87. The summed E-state index contributed by atoms with van der Waals surface area (Å²) < 4.78 is 39.2. The molecule has 8 heteroatoms. The molecule has 0 aromatic heterocycles. The summed E-state index contributed by atoms with van der Waals surface area (Å²) in [6, 6.07) is 9.41. The van der Waals surface area contributed by atoms with E-state index in [9.17, 15) is 13.6 Å². The molecule has 0 atom stereocenters. The minimum absolute atomic E-state index is 0.0615. The number of benzene rings is 2. The Labute approximate surface area is 166 Å². The predicted molar refractivity (Wildman–Crippen MR) is 103 cm³/mol. The van der Waals surface area contributed by atoms with Crippen molar-refractivity contribution < 1.29 is 27.8 Å². The third-order valence-corrected chi connectivity index (χ3v) is 3.86. The lowest BCUT2D eigenvalue weighted by Gasteiger charge is -2.11. The zero-order valence-corrected chi connectivity index (χ0v) is 16.1. The van der Waals surface area contributed by atoms with Crippen LogP contribution in [-0.4, -0.2) is 26.2 Å². The van der Waals surface area contributed by atoms with E-state index in [1.54, 1.807) is 30.3 Å². The molecule has 2 rings (SSSR count). The first kappa shape index (κ1) is 21.5. The van der Waals surface area contributed by atoms with E-state index in [-0.39, 0.29) is 18.2 Å². The molecule has 0 radical (unpaired) electrons. The van der Waals surface area contributed by atoms with Crippen LogP contribution in [0.25, 0.3) is 6.08 Å². The van der Waals surface area contributed by atoms with Gasteiger partial charge < -0.3 is 19.5 Å². The van der Waals surface area contributed by atoms with E-state index >= 15 is 0 Å². The number of carbonyl (C=O) groups is 1. The van der Waals surface area contributed by atoms with Gasteiger partial charge in [-0.1, -0.05) is 23.7 Å². The lowest BCUT2D eigenvalue weighted by atomic mass is 10.1. The van der Waals surface area contributed by atoms with E-state index in [0.29, 0.717) is 28.7 Å². The first-order valence-electron chi connectivity index (χ1n) is 8.43. The summed E-state index contributed by atoms with van der Waals surface area (Å²) in [5.74, 6) is 0.664. The van der Waals surface area contributed by atoms with E-state index in [4.69, 9.17) is 21.1 Å². The maximum atomic E-state index is 12.1. The smallest absolute Gasteiger partial charge is 0.387 e. The number of methoxy groups -OCH3 is 1. The van der Waals surface area contributed by atoms with Crippen molar-refractivity contribution in [2.75, 3.05) is 13.7 Å². The molecule has 0 bridgehead atoms. The van der Waals surface area contributed by atoms with Crippen LogP contribution >= 0.6 is 11.6 Å². The number of hydrogen-bond donors (Lipinski definition) is 1. The van der Waals surface area contributed by atoms with Gasteiger partial charge in [0.1, 0.15) is 5.75 Å². The fourth-order valence-corrected chi connectivity index (χ4v) is 2.65. The van der Waals surface area contributed by atoms with Crippen LogP contribution in [-0.2, 0) is 11.3 Å². The number of ether oxygens (including phenoxy) is 3. The Morgan fingerprint density at radius 3 is 2.57 bits per heavy atom. The monoisotopic (exact) mass is 411 g/mol. The van der Waals surface area contributed by atoms with Crippen molar-refractivity contribution in [3.8, 4) is 17.2 Å². The normalized spacial score (nSPS) is 10.9. The second kappa shape index (κ2) is 10.5. The molecule has 0 unspecified atom stereocenters. The zero-order valence-electron chi connectivity index (χ0n) is 15.4. The Balaban J connectivity index is 1.96. The molecule has 2 aromatic rings. The van der Waals surface area contributed by atoms with Gasteiger partial charge in [0.15, 0.2) is 11.5 Å². The number of carbonyl (C=O) groups excluding carboxylic acids is 1. The van der Waals surface area contributed by atoms with Crippen LogP contribution in [0.2, 0.25) is 5.02 Å². The Hall–Kier alpha value is -2.80. The van der Waals surface area contributed by atoms with Crippen molar-refractivity contribution >= 4 is 23.6 Å². The van der Waals surface area contributed by atoms with Gasteiger partial charge in [-0.15, -0.1) is 0 Å². The van der Waals surface area contributed by atoms with Crippen LogP contribution in [0.4, 0.5) is 8.78 Å². The summed E-state index contributed by atoms with van der Waals surface area (Å²) in [6.45, 7) is -0.340. The molecule has 1 amide bonds. The Kier molecular flexibility index (Phi) is 8.07. The second-order valence-electron chi connectivity index (χ2n) is 5.54. The van der Waals surface area contributed by atoms with Crippen molar-refractivity contribution in [2.45, 2.75) is 20.1 Å². The predicted octanol–water partition coefficient (Wildman–Crippen LogP) is 4.68. The SMILES string of the molecule is CCOc1cc(/C=C/C(=O)NCc2ccc(OC(F)F)cc2)cc(Cl)c1OC. The highest BCUT2D eigenvalue weighted by Gasteiger charge is 2.10. The number of hydrogen-bond acceptors (Lipinski definition) is 4. The molecule has 0 saturated heterocycles. The highest BCUT2D eigenvalue weighted by Crippen LogP contribution is 2.36.